The van der Waals surface area contributed by atoms with E-state index < -0.39 is 23.7 Å². The second-order valence-electron chi connectivity index (χ2n) is 4.77. The van der Waals surface area contributed by atoms with Crippen LogP contribution in [0.2, 0.25) is 0 Å². The molecule has 0 unspecified atom stereocenters. The molecule has 120 valence electrons. The van der Waals surface area contributed by atoms with E-state index in [2.05, 4.69) is 0 Å². The van der Waals surface area contributed by atoms with E-state index in [0.717, 1.165) is 12.1 Å². The Bertz CT molecular complexity index is 569. The first kappa shape index (κ1) is 16.1. The molecule has 22 heavy (non-hydrogen) atoms. The van der Waals surface area contributed by atoms with Crippen LogP contribution in [0.5, 0.6) is 0 Å². The average Bonchev–Trinajstić information content (AvgIpc) is 2.52. The number of nitrogens with two attached hydrogens (primary N) is 1. The van der Waals surface area contributed by atoms with Gasteiger partial charge in [-0.05, 0) is 12.1 Å². The van der Waals surface area contributed by atoms with Crippen molar-refractivity contribution in [1.82, 2.24) is 15.2 Å². The van der Waals surface area contributed by atoms with Gasteiger partial charge in [-0.3, -0.25) is 10.2 Å². The molecular formula is C13H15F3N4O2. The molecule has 1 aliphatic heterocycles. The van der Waals surface area contributed by atoms with E-state index in [-0.39, 0.29) is 31.7 Å². The number of carbonyl (C=O) groups excluding carboxylic acids is 2. The lowest BCUT2D eigenvalue weighted by Gasteiger charge is -2.34. The molecule has 0 aliphatic carbocycles. The quantitative estimate of drug-likeness (QED) is 0.462. The largest absolute Gasteiger partial charge is 0.417 e. The lowest BCUT2D eigenvalue weighted by molar-refractivity contribution is -0.138. The molecule has 3 amide bonds. The second kappa shape index (κ2) is 6.22. The van der Waals surface area contributed by atoms with Gasteiger partial charge in [0.25, 0.3) is 5.91 Å². The van der Waals surface area contributed by atoms with E-state index in [1.54, 1.807) is 0 Å². The number of rotatable bonds is 1. The van der Waals surface area contributed by atoms with E-state index in [4.69, 9.17) is 5.84 Å². The van der Waals surface area contributed by atoms with Crippen LogP contribution in [0.25, 0.3) is 0 Å². The smallest absolute Gasteiger partial charge is 0.335 e. The predicted molar refractivity (Wildman–Crippen MR) is 71.6 cm³/mol. The number of amides is 3. The van der Waals surface area contributed by atoms with Gasteiger partial charge in [-0.25, -0.2) is 10.6 Å². The summed E-state index contributed by atoms with van der Waals surface area (Å²) in [5, 5.41) is 0. The van der Waals surface area contributed by atoms with Crippen LogP contribution in [0.15, 0.2) is 24.3 Å². The standard InChI is InChI=1S/C13H15F3N4O2/c14-13(15,16)10-4-2-1-3-9(10)11(21)19-5-7-20(8-6-19)12(22)18-17/h1-4H,5-8,17H2,(H,18,22). The van der Waals surface area contributed by atoms with Gasteiger partial charge in [0, 0.05) is 26.2 Å². The van der Waals surface area contributed by atoms with Gasteiger partial charge in [0.1, 0.15) is 0 Å². The second-order valence-corrected chi connectivity index (χ2v) is 4.77. The molecule has 1 fully saturated rings. The first-order chi connectivity index (χ1) is 10.3. The Kier molecular flexibility index (Phi) is 4.55. The van der Waals surface area contributed by atoms with Gasteiger partial charge >= 0.3 is 12.2 Å². The number of hydrogen-bond acceptors (Lipinski definition) is 3. The van der Waals surface area contributed by atoms with Gasteiger partial charge in [-0.2, -0.15) is 13.2 Å². The van der Waals surface area contributed by atoms with E-state index in [9.17, 15) is 22.8 Å². The normalized spacial score (nSPS) is 15.6. The number of hydrogen-bond donors (Lipinski definition) is 2. The number of carbonyl (C=O) groups is 2. The maximum absolute atomic E-state index is 12.9. The summed E-state index contributed by atoms with van der Waals surface area (Å²) in [7, 11) is 0. The summed E-state index contributed by atoms with van der Waals surface area (Å²) >= 11 is 0. The number of halogens is 3. The molecule has 3 N–H and O–H groups in total. The van der Waals surface area contributed by atoms with Crippen molar-refractivity contribution in [2.75, 3.05) is 26.2 Å². The zero-order valence-electron chi connectivity index (χ0n) is 11.6. The molecular weight excluding hydrogens is 301 g/mol. The van der Waals surface area contributed by atoms with Crippen LogP contribution in [0.3, 0.4) is 0 Å². The molecule has 1 aromatic carbocycles. The molecule has 0 spiro atoms. The number of nitrogens with one attached hydrogen (secondary N) is 1. The molecule has 1 saturated heterocycles. The van der Waals surface area contributed by atoms with Crippen molar-refractivity contribution in [1.29, 1.82) is 0 Å². The lowest BCUT2D eigenvalue weighted by atomic mass is 10.1. The van der Waals surface area contributed by atoms with Crippen molar-refractivity contribution in [3.05, 3.63) is 35.4 Å². The van der Waals surface area contributed by atoms with Crippen LogP contribution in [0.1, 0.15) is 15.9 Å². The van der Waals surface area contributed by atoms with Crippen LogP contribution in [0.4, 0.5) is 18.0 Å². The molecule has 0 radical (unpaired) electrons. The third-order valence-corrected chi connectivity index (χ3v) is 3.44. The minimum Gasteiger partial charge on any atom is -0.335 e. The van der Waals surface area contributed by atoms with E-state index >= 15 is 0 Å². The number of alkyl halides is 3. The van der Waals surface area contributed by atoms with Crippen molar-refractivity contribution < 1.29 is 22.8 Å². The molecule has 1 aromatic rings. The average molecular weight is 316 g/mol. The van der Waals surface area contributed by atoms with E-state index in [1.807, 2.05) is 5.43 Å². The summed E-state index contributed by atoms with van der Waals surface area (Å²) in [4.78, 5) is 26.3. The van der Waals surface area contributed by atoms with Crippen molar-refractivity contribution in [3.8, 4) is 0 Å². The molecule has 2 rings (SSSR count). The molecule has 0 aromatic heterocycles. The summed E-state index contributed by atoms with van der Waals surface area (Å²) in [6.07, 6.45) is -4.59. The maximum atomic E-state index is 12.9. The fourth-order valence-corrected chi connectivity index (χ4v) is 2.29. The van der Waals surface area contributed by atoms with Crippen LogP contribution in [-0.4, -0.2) is 47.9 Å². The number of piperazine rings is 1. The molecule has 0 saturated carbocycles. The van der Waals surface area contributed by atoms with Crippen LogP contribution >= 0.6 is 0 Å². The minimum absolute atomic E-state index is 0.151. The summed E-state index contributed by atoms with van der Waals surface area (Å²) in [6, 6.07) is 4.18. The lowest BCUT2D eigenvalue weighted by Crippen LogP contribution is -2.54. The summed E-state index contributed by atoms with van der Waals surface area (Å²) in [6.45, 7) is 0.725. The van der Waals surface area contributed by atoms with E-state index in [1.165, 1.54) is 21.9 Å². The highest BCUT2D eigenvalue weighted by atomic mass is 19.4. The van der Waals surface area contributed by atoms with Crippen molar-refractivity contribution >= 4 is 11.9 Å². The highest BCUT2D eigenvalue weighted by Gasteiger charge is 2.36. The van der Waals surface area contributed by atoms with Gasteiger partial charge in [0.05, 0.1) is 11.1 Å². The van der Waals surface area contributed by atoms with Crippen LogP contribution in [0, 0.1) is 0 Å². The summed E-state index contributed by atoms with van der Waals surface area (Å²) < 4.78 is 38.8. The predicted octanol–water partition coefficient (Wildman–Crippen LogP) is 1.05. The van der Waals surface area contributed by atoms with Gasteiger partial charge < -0.3 is 9.80 Å². The fraction of sp³-hybridized carbons (Fsp3) is 0.385. The highest BCUT2D eigenvalue weighted by Crippen LogP contribution is 2.32. The Morgan fingerprint density at radius 1 is 1.05 bits per heavy atom. The monoisotopic (exact) mass is 316 g/mol. The molecule has 1 heterocycles. The SMILES string of the molecule is NNC(=O)N1CCN(C(=O)c2ccccc2C(F)(F)F)CC1. The van der Waals surface area contributed by atoms with Crippen molar-refractivity contribution in [2.45, 2.75) is 6.18 Å². The topological polar surface area (TPSA) is 78.7 Å². The van der Waals surface area contributed by atoms with Crippen molar-refractivity contribution in [2.24, 2.45) is 5.84 Å². The number of hydrazine groups is 1. The molecule has 6 nitrogen and oxygen atoms in total. The zero-order chi connectivity index (χ0) is 16.3. The maximum Gasteiger partial charge on any atom is 0.417 e. The number of benzene rings is 1. The van der Waals surface area contributed by atoms with Gasteiger partial charge in [-0.15, -0.1) is 0 Å². The highest BCUT2D eigenvalue weighted by molar-refractivity contribution is 5.96. The summed E-state index contributed by atoms with van der Waals surface area (Å²) in [5.74, 6) is 4.32. The molecule has 9 heteroatoms. The van der Waals surface area contributed by atoms with Gasteiger partial charge in [0.2, 0.25) is 0 Å². The van der Waals surface area contributed by atoms with Crippen molar-refractivity contribution in [3.63, 3.8) is 0 Å². The van der Waals surface area contributed by atoms with Crippen LogP contribution < -0.4 is 11.3 Å². The Labute approximate surface area is 124 Å². The Balaban J connectivity index is 2.13. The molecule has 0 bridgehead atoms. The first-order valence-corrected chi connectivity index (χ1v) is 6.55. The van der Waals surface area contributed by atoms with Gasteiger partial charge in [0.15, 0.2) is 0 Å². The fourth-order valence-electron chi connectivity index (χ4n) is 2.29. The van der Waals surface area contributed by atoms with E-state index in [0.29, 0.717) is 0 Å². The van der Waals surface area contributed by atoms with Crippen LogP contribution in [-0.2, 0) is 6.18 Å². The first-order valence-electron chi connectivity index (χ1n) is 6.55. The van der Waals surface area contributed by atoms with Gasteiger partial charge in [-0.1, -0.05) is 12.1 Å². The third kappa shape index (κ3) is 3.30. The zero-order valence-corrected chi connectivity index (χ0v) is 11.6. The Morgan fingerprint density at radius 2 is 1.59 bits per heavy atom. The summed E-state index contributed by atoms with van der Waals surface area (Å²) in [5.41, 5.74) is 0.635. The minimum atomic E-state index is -4.59. The molecule has 0 atom stereocenters. The third-order valence-electron chi connectivity index (χ3n) is 3.44. The number of urea groups is 1. The number of nitrogens with zero attached hydrogens (tertiary/aromatic N) is 2. The Morgan fingerprint density at radius 3 is 2.14 bits per heavy atom. The molecule has 1 aliphatic rings. The Hall–Kier alpha value is -2.29.